The average Bonchev–Trinajstić information content (AvgIpc) is 3.28. The fraction of sp³-hybridized carbons (Fsp3) is 0.609. The van der Waals surface area contributed by atoms with E-state index in [1.165, 1.54) is 12.8 Å². The summed E-state index contributed by atoms with van der Waals surface area (Å²) < 4.78 is 7.12. The molecule has 0 radical (unpaired) electrons. The Morgan fingerprint density at radius 2 is 1.90 bits per heavy atom. The SMILES string of the molecule is CN(C)C1(CNC(=O)CCn2c(=O)c(N3CCOCC3)nc3ccccc32)CCCC1. The van der Waals surface area contributed by atoms with Crippen molar-refractivity contribution in [2.24, 2.45) is 0 Å². The Bertz CT molecular complexity index is 975. The first-order chi connectivity index (χ1) is 15.0. The summed E-state index contributed by atoms with van der Waals surface area (Å²) in [4.78, 5) is 34.8. The van der Waals surface area contributed by atoms with Gasteiger partial charge in [0.2, 0.25) is 5.91 Å². The second-order valence-electron chi connectivity index (χ2n) is 8.83. The van der Waals surface area contributed by atoms with Crippen LogP contribution in [0.25, 0.3) is 11.0 Å². The molecule has 1 N–H and O–H groups in total. The maximum atomic E-state index is 13.3. The van der Waals surface area contributed by atoms with Crippen molar-refractivity contribution in [1.82, 2.24) is 19.8 Å². The molecular formula is C23H33N5O3. The van der Waals surface area contributed by atoms with Gasteiger partial charge in [-0.15, -0.1) is 0 Å². The number of hydrogen-bond acceptors (Lipinski definition) is 6. The molecule has 2 aliphatic rings. The lowest BCUT2D eigenvalue weighted by Gasteiger charge is -2.36. The number of para-hydroxylation sites is 2. The summed E-state index contributed by atoms with van der Waals surface area (Å²) in [5.41, 5.74) is 1.44. The average molecular weight is 428 g/mol. The van der Waals surface area contributed by atoms with Crippen LogP contribution in [-0.2, 0) is 16.1 Å². The van der Waals surface area contributed by atoms with E-state index in [2.05, 4.69) is 29.3 Å². The minimum Gasteiger partial charge on any atom is -0.378 e. The number of benzene rings is 1. The highest BCUT2D eigenvalue weighted by atomic mass is 16.5. The van der Waals surface area contributed by atoms with E-state index in [1.54, 1.807) is 4.57 Å². The number of amides is 1. The molecule has 8 nitrogen and oxygen atoms in total. The molecule has 1 aromatic heterocycles. The number of nitrogens with zero attached hydrogens (tertiary/aromatic N) is 4. The number of aryl methyl sites for hydroxylation is 1. The van der Waals surface area contributed by atoms with Crippen molar-refractivity contribution >= 4 is 22.8 Å². The largest absolute Gasteiger partial charge is 0.378 e. The molecule has 1 saturated carbocycles. The van der Waals surface area contributed by atoms with Gasteiger partial charge in [-0.2, -0.15) is 0 Å². The molecule has 1 aliphatic heterocycles. The molecule has 0 unspecified atom stereocenters. The molecule has 0 spiro atoms. The van der Waals surface area contributed by atoms with Gasteiger partial charge in [-0.1, -0.05) is 25.0 Å². The van der Waals surface area contributed by atoms with Gasteiger partial charge in [-0.25, -0.2) is 4.98 Å². The number of likely N-dealkylation sites (N-methyl/N-ethyl adjacent to an activating group) is 1. The summed E-state index contributed by atoms with van der Waals surface area (Å²) in [5.74, 6) is 0.425. The quantitative estimate of drug-likeness (QED) is 0.723. The Kier molecular flexibility index (Phi) is 6.57. The van der Waals surface area contributed by atoms with Gasteiger partial charge in [0.1, 0.15) is 0 Å². The Morgan fingerprint density at radius 1 is 1.19 bits per heavy atom. The zero-order valence-corrected chi connectivity index (χ0v) is 18.6. The van der Waals surface area contributed by atoms with Gasteiger partial charge in [0.05, 0.1) is 24.2 Å². The second kappa shape index (κ2) is 9.36. The number of ether oxygens (including phenoxy) is 1. The van der Waals surface area contributed by atoms with Crippen molar-refractivity contribution in [3.63, 3.8) is 0 Å². The number of carbonyl (C=O) groups excluding carboxylic acids is 1. The van der Waals surface area contributed by atoms with E-state index in [0.717, 1.165) is 23.9 Å². The molecule has 168 valence electrons. The molecule has 8 heteroatoms. The monoisotopic (exact) mass is 427 g/mol. The highest BCUT2D eigenvalue weighted by Gasteiger charge is 2.36. The summed E-state index contributed by atoms with van der Waals surface area (Å²) in [6.45, 7) is 3.46. The number of anilines is 1. The summed E-state index contributed by atoms with van der Waals surface area (Å²) >= 11 is 0. The number of hydrogen-bond donors (Lipinski definition) is 1. The van der Waals surface area contributed by atoms with E-state index in [0.29, 0.717) is 45.2 Å². The third-order valence-corrected chi connectivity index (χ3v) is 6.81. The van der Waals surface area contributed by atoms with Crippen LogP contribution in [0.15, 0.2) is 29.1 Å². The first kappa shape index (κ1) is 21.8. The van der Waals surface area contributed by atoms with Crippen LogP contribution in [0.1, 0.15) is 32.1 Å². The van der Waals surface area contributed by atoms with Crippen molar-refractivity contribution in [3.05, 3.63) is 34.6 Å². The zero-order valence-electron chi connectivity index (χ0n) is 18.6. The minimum atomic E-state index is -0.144. The van der Waals surface area contributed by atoms with Crippen LogP contribution in [0, 0.1) is 0 Å². The van der Waals surface area contributed by atoms with Crippen LogP contribution in [-0.4, -0.2) is 72.8 Å². The number of nitrogens with one attached hydrogen (secondary N) is 1. The van der Waals surface area contributed by atoms with E-state index in [-0.39, 0.29) is 23.4 Å². The van der Waals surface area contributed by atoms with E-state index < -0.39 is 0 Å². The molecule has 1 aliphatic carbocycles. The third-order valence-electron chi connectivity index (χ3n) is 6.81. The van der Waals surface area contributed by atoms with E-state index in [1.807, 2.05) is 29.2 Å². The Hall–Kier alpha value is -2.45. The first-order valence-corrected chi connectivity index (χ1v) is 11.3. The number of morpholine rings is 1. The van der Waals surface area contributed by atoms with Crippen molar-refractivity contribution in [3.8, 4) is 0 Å². The maximum Gasteiger partial charge on any atom is 0.294 e. The van der Waals surface area contributed by atoms with Gasteiger partial charge in [0.15, 0.2) is 5.82 Å². The molecule has 0 bridgehead atoms. The van der Waals surface area contributed by atoms with Gasteiger partial charge >= 0.3 is 0 Å². The Labute approximate surface area is 183 Å². The normalized spacial score (nSPS) is 18.6. The predicted octanol–water partition coefficient (Wildman–Crippen LogP) is 1.61. The second-order valence-corrected chi connectivity index (χ2v) is 8.83. The lowest BCUT2D eigenvalue weighted by atomic mass is 9.96. The van der Waals surface area contributed by atoms with Gasteiger partial charge in [0, 0.05) is 38.1 Å². The first-order valence-electron chi connectivity index (χ1n) is 11.3. The van der Waals surface area contributed by atoms with Gasteiger partial charge < -0.3 is 24.4 Å². The van der Waals surface area contributed by atoms with Crippen LogP contribution >= 0.6 is 0 Å². The van der Waals surface area contributed by atoms with Crippen molar-refractivity contribution in [1.29, 1.82) is 0 Å². The summed E-state index contributed by atoms with van der Waals surface area (Å²) in [7, 11) is 4.18. The molecule has 1 saturated heterocycles. The fourth-order valence-corrected chi connectivity index (χ4v) is 4.76. The molecular weight excluding hydrogens is 394 g/mol. The molecule has 1 amide bonds. The predicted molar refractivity (Wildman–Crippen MR) is 122 cm³/mol. The number of carbonyl (C=O) groups is 1. The Morgan fingerprint density at radius 3 is 2.61 bits per heavy atom. The molecule has 1 aromatic carbocycles. The van der Waals surface area contributed by atoms with E-state index in [4.69, 9.17) is 4.74 Å². The lowest BCUT2D eigenvalue weighted by molar-refractivity contribution is -0.121. The number of aromatic nitrogens is 2. The molecule has 2 aromatic rings. The molecule has 4 rings (SSSR count). The van der Waals surface area contributed by atoms with Crippen molar-refractivity contribution in [2.75, 3.05) is 51.8 Å². The van der Waals surface area contributed by atoms with Gasteiger partial charge in [0.25, 0.3) is 5.56 Å². The van der Waals surface area contributed by atoms with Crippen LogP contribution in [0.2, 0.25) is 0 Å². The third kappa shape index (κ3) is 4.60. The van der Waals surface area contributed by atoms with Crippen LogP contribution in [0.3, 0.4) is 0 Å². The van der Waals surface area contributed by atoms with Gasteiger partial charge in [-0.3, -0.25) is 9.59 Å². The molecule has 2 fully saturated rings. The summed E-state index contributed by atoms with van der Waals surface area (Å²) in [6, 6.07) is 7.62. The zero-order chi connectivity index (χ0) is 21.8. The van der Waals surface area contributed by atoms with E-state index >= 15 is 0 Å². The standard InChI is InChI=1S/C23H33N5O3/c1-26(2)23(10-5-6-11-23)17-24-20(29)9-12-28-19-8-4-3-7-18(19)25-21(22(28)30)27-13-15-31-16-14-27/h3-4,7-8H,5-6,9-17H2,1-2H3,(H,24,29). The maximum absolute atomic E-state index is 13.3. The topological polar surface area (TPSA) is 79.7 Å². The number of rotatable bonds is 7. The minimum absolute atomic E-state index is 0.0196. The fourth-order valence-electron chi connectivity index (χ4n) is 4.76. The van der Waals surface area contributed by atoms with Crippen LogP contribution in [0.5, 0.6) is 0 Å². The molecule has 0 atom stereocenters. The van der Waals surface area contributed by atoms with Gasteiger partial charge in [-0.05, 0) is 39.1 Å². The molecule has 31 heavy (non-hydrogen) atoms. The molecule has 2 heterocycles. The highest BCUT2D eigenvalue weighted by molar-refractivity contribution is 5.78. The Balaban J connectivity index is 1.50. The smallest absolute Gasteiger partial charge is 0.294 e. The summed E-state index contributed by atoms with van der Waals surface area (Å²) in [5, 5.41) is 3.12. The summed E-state index contributed by atoms with van der Waals surface area (Å²) in [6.07, 6.45) is 4.89. The van der Waals surface area contributed by atoms with Crippen molar-refractivity contribution in [2.45, 2.75) is 44.2 Å². The number of fused-ring (bicyclic) bond motifs is 1. The van der Waals surface area contributed by atoms with E-state index in [9.17, 15) is 9.59 Å². The van der Waals surface area contributed by atoms with Crippen LogP contribution < -0.4 is 15.8 Å². The lowest BCUT2D eigenvalue weighted by Crippen LogP contribution is -2.50. The highest BCUT2D eigenvalue weighted by Crippen LogP contribution is 2.33. The van der Waals surface area contributed by atoms with Crippen LogP contribution in [0.4, 0.5) is 5.82 Å². The van der Waals surface area contributed by atoms with Crippen molar-refractivity contribution < 1.29 is 9.53 Å².